The van der Waals surface area contributed by atoms with Gasteiger partial charge in [0.2, 0.25) is 5.91 Å². The van der Waals surface area contributed by atoms with Gasteiger partial charge in [0, 0.05) is 23.7 Å². The van der Waals surface area contributed by atoms with Gasteiger partial charge in [0.25, 0.3) is 5.91 Å². The van der Waals surface area contributed by atoms with E-state index in [4.69, 9.17) is 10.5 Å². The molecule has 156 valence electrons. The van der Waals surface area contributed by atoms with E-state index in [1.165, 1.54) is 23.5 Å². The van der Waals surface area contributed by atoms with Crippen molar-refractivity contribution in [3.05, 3.63) is 64.4 Å². The van der Waals surface area contributed by atoms with Gasteiger partial charge in [-0.25, -0.2) is 9.37 Å². The fourth-order valence-electron chi connectivity index (χ4n) is 3.86. The Morgan fingerprint density at radius 1 is 1.30 bits per heavy atom. The number of carbonyl (C=O) groups excluding carboxylic acids is 2. The van der Waals surface area contributed by atoms with Crippen LogP contribution in [0.2, 0.25) is 0 Å². The Hall–Kier alpha value is -2.84. The Labute approximate surface area is 177 Å². The number of halogens is 1. The minimum atomic E-state index is -0.908. The highest BCUT2D eigenvalue weighted by molar-refractivity contribution is 7.20. The molecule has 0 unspecified atom stereocenters. The lowest BCUT2D eigenvalue weighted by Crippen LogP contribution is -2.49. The third-order valence-electron chi connectivity index (χ3n) is 5.49. The van der Waals surface area contributed by atoms with Crippen molar-refractivity contribution in [1.82, 2.24) is 9.88 Å². The number of nitrogens with zero attached hydrogens (tertiary/aromatic N) is 2. The molecule has 0 radical (unpaired) electrons. The standard InChI is InChI=1S/C22H22FN3O3S/c1-22(2,13-5-3-6-14(23)11-13)21(28)26-9-10-29-16(12-26)17-15-7-4-8-25-20(15)30-18(17)19(24)27/h3-8,11,16H,9-10,12H2,1-2H3,(H2,24,27)/t16-/m0/s1. The van der Waals surface area contributed by atoms with Gasteiger partial charge in [0.15, 0.2) is 0 Å². The fourth-order valence-corrected chi connectivity index (χ4v) is 4.90. The maximum Gasteiger partial charge on any atom is 0.259 e. The molecule has 1 aromatic carbocycles. The monoisotopic (exact) mass is 427 g/mol. The summed E-state index contributed by atoms with van der Waals surface area (Å²) in [6.07, 6.45) is 1.17. The summed E-state index contributed by atoms with van der Waals surface area (Å²) in [7, 11) is 0. The smallest absolute Gasteiger partial charge is 0.259 e. The number of carbonyl (C=O) groups is 2. The van der Waals surface area contributed by atoms with Gasteiger partial charge < -0.3 is 15.4 Å². The zero-order valence-electron chi connectivity index (χ0n) is 16.7. The van der Waals surface area contributed by atoms with Gasteiger partial charge in [-0.2, -0.15) is 0 Å². The number of hydrogen-bond donors (Lipinski definition) is 1. The van der Waals surface area contributed by atoms with Crippen LogP contribution in [0, 0.1) is 5.82 Å². The highest BCUT2D eigenvalue weighted by Gasteiger charge is 2.38. The maximum absolute atomic E-state index is 13.7. The summed E-state index contributed by atoms with van der Waals surface area (Å²) in [5.41, 5.74) is 5.99. The summed E-state index contributed by atoms with van der Waals surface area (Å²) < 4.78 is 19.7. The third kappa shape index (κ3) is 3.57. The van der Waals surface area contributed by atoms with E-state index in [1.54, 1.807) is 43.1 Å². The molecule has 1 aliphatic heterocycles. The van der Waals surface area contributed by atoms with Crippen LogP contribution >= 0.6 is 11.3 Å². The van der Waals surface area contributed by atoms with Crippen LogP contribution in [0.1, 0.15) is 40.8 Å². The molecule has 1 atom stereocenters. The van der Waals surface area contributed by atoms with Crippen molar-refractivity contribution in [1.29, 1.82) is 0 Å². The average molecular weight is 428 g/mol. The molecule has 8 heteroatoms. The second kappa shape index (κ2) is 7.77. The number of aromatic nitrogens is 1. The van der Waals surface area contributed by atoms with E-state index in [9.17, 15) is 14.0 Å². The molecule has 0 spiro atoms. The van der Waals surface area contributed by atoms with E-state index < -0.39 is 17.4 Å². The van der Waals surface area contributed by atoms with Crippen LogP contribution in [0.15, 0.2) is 42.6 Å². The van der Waals surface area contributed by atoms with Gasteiger partial charge in [-0.15, -0.1) is 11.3 Å². The first-order chi connectivity index (χ1) is 14.3. The number of rotatable bonds is 4. The summed E-state index contributed by atoms with van der Waals surface area (Å²) in [5, 5.41) is 0.806. The minimum Gasteiger partial charge on any atom is -0.370 e. The third-order valence-corrected chi connectivity index (χ3v) is 6.63. The summed E-state index contributed by atoms with van der Waals surface area (Å²) in [5.74, 6) is -1.05. The van der Waals surface area contributed by atoms with Gasteiger partial charge in [-0.1, -0.05) is 18.2 Å². The van der Waals surface area contributed by atoms with E-state index in [2.05, 4.69) is 4.98 Å². The van der Waals surface area contributed by atoms with Crippen LogP contribution < -0.4 is 5.73 Å². The molecule has 3 aromatic rings. The largest absolute Gasteiger partial charge is 0.370 e. The molecule has 1 saturated heterocycles. The first-order valence-electron chi connectivity index (χ1n) is 9.63. The number of hydrogen-bond acceptors (Lipinski definition) is 5. The lowest BCUT2D eigenvalue weighted by Gasteiger charge is -2.38. The first kappa shape index (κ1) is 20.4. The van der Waals surface area contributed by atoms with Crippen LogP contribution in [0.25, 0.3) is 10.2 Å². The Kier molecular flexibility index (Phi) is 5.29. The van der Waals surface area contributed by atoms with Gasteiger partial charge >= 0.3 is 0 Å². The van der Waals surface area contributed by atoms with Crippen molar-refractivity contribution in [2.24, 2.45) is 5.73 Å². The van der Waals surface area contributed by atoms with Crippen molar-refractivity contribution >= 4 is 33.4 Å². The quantitative estimate of drug-likeness (QED) is 0.691. The molecule has 0 saturated carbocycles. The highest BCUT2D eigenvalue weighted by atomic mass is 32.1. The number of morpholine rings is 1. The van der Waals surface area contributed by atoms with E-state index in [0.29, 0.717) is 34.0 Å². The SMILES string of the molecule is CC(C)(C(=O)N1CCO[C@H](c2c(C(N)=O)sc3ncccc23)C1)c1cccc(F)c1. The lowest BCUT2D eigenvalue weighted by molar-refractivity contribution is -0.144. The topological polar surface area (TPSA) is 85.5 Å². The zero-order chi connectivity index (χ0) is 21.5. The van der Waals surface area contributed by atoms with Gasteiger partial charge in [0.05, 0.1) is 18.6 Å². The van der Waals surface area contributed by atoms with E-state index in [-0.39, 0.29) is 18.3 Å². The summed E-state index contributed by atoms with van der Waals surface area (Å²) >= 11 is 1.23. The van der Waals surface area contributed by atoms with Crippen LogP contribution in [-0.4, -0.2) is 41.4 Å². The molecule has 0 aliphatic carbocycles. The molecule has 6 nitrogen and oxygen atoms in total. The van der Waals surface area contributed by atoms with E-state index in [1.807, 2.05) is 6.07 Å². The van der Waals surface area contributed by atoms with Crippen molar-refractivity contribution in [3.63, 3.8) is 0 Å². The van der Waals surface area contributed by atoms with Crippen LogP contribution in [0.5, 0.6) is 0 Å². The van der Waals surface area contributed by atoms with Crippen molar-refractivity contribution in [3.8, 4) is 0 Å². The highest BCUT2D eigenvalue weighted by Crippen LogP contribution is 2.38. The number of primary amides is 1. The molecule has 30 heavy (non-hydrogen) atoms. The van der Waals surface area contributed by atoms with E-state index >= 15 is 0 Å². The molecular weight excluding hydrogens is 405 g/mol. The number of ether oxygens (including phenoxy) is 1. The molecule has 3 heterocycles. The number of fused-ring (bicyclic) bond motifs is 1. The predicted octanol–water partition coefficient (Wildman–Crippen LogP) is 3.41. The Morgan fingerprint density at radius 3 is 2.83 bits per heavy atom. The summed E-state index contributed by atoms with van der Waals surface area (Å²) in [6, 6.07) is 9.77. The van der Waals surface area contributed by atoms with Crippen LogP contribution in [-0.2, 0) is 14.9 Å². The maximum atomic E-state index is 13.7. The number of amides is 2. The van der Waals surface area contributed by atoms with Gasteiger partial charge in [0.1, 0.15) is 21.6 Å². The molecule has 2 N–H and O–H groups in total. The van der Waals surface area contributed by atoms with Gasteiger partial charge in [-0.3, -0.25) is 9.59 Å². The Balaban J connectivity index is 1.66. The lowest BCUT2D eigenvalue weighted by atomic mass is 9.83. The number of thiophene rings is 1. The van der Waals surface area contributed by atoms with Gasteiger partial charge in [-0.05, 0) is 37.6 Å². The summed E-state index contributed by atoms with van der Waals surface area (Å²) in [4.78, 5) is 32.6. The first-order valence-corrected chi connectivity index (χ1v) is 10.4. The second-order valence-corrected chi connectivity index (χ2v) is 8.81. The van der Waals surface area contributed by atoms with Crippen molar-refractivity contribution < 1.29 is 18.7 Å². The molecular formula is C22H22FN3O3S. The summed E-state index contributed by atoms with van der Waals surface area (Å²) in [6.45, 7) is 4.59. The van der Waals surface area contributed by atoms with Crippen molar-refractivity contribution in [2.75, 3.05) is 19.7 Å². The molecule has 1 fully saturated rings. The predicted molar refractivity (Wildman–Crippen MR) is 113 cm³/mol. The van der Waals surface area contributed by atoms with Crippen LogP contribution in [0.4, 0.5) is 4.39 Å². The molecule has 0 bridgehead atoms. The fraction of sp³-hybridized carbons (Fsp3) is 0.318. The Bertz CT molecular complexity index is 1130. The number of nitrogens with two attached hydrogens (primary N) is 1. The average Bonchev–Trinajstić information content (AvgIpc) is 3.13. The molecule has 2 amide bonds. The molecule has 2 aromatic heterocycles. The second-order valence-electron chi connectivity index (χ2n) is 7.81. The molecule has 1 aliphatic rings. The normalized spacial score (nSPS) is 17.3. The zero-order valence-corrected chi connectivity index (χ0v) is 17.5. The minimum absolute atomic E-state index is 0.125. The molecule has 4 rings (SSSR count). The van der Waals surface area contributed by atoms with Crippen molar-refractivity contribution in [2.45, 2.75) is 25.4 Å². The number of pyridine rings is 1. The van der Waals surface area contributed by atoms with Crippen LogP contribution in [0.3, 0.4) is 0 Å². The number of benzene rings is 1. The Morgan fingerprint density at radius 2 is 2.10 bits per heavy atom. The van der Waals surface area contributed by atoms with E-state index in [0.717, 1.165) is 5.39 Å².